The standard InChI is InChI=1S/C20H21N5O3S/c26-17(23-20-21-7-12-29-20)5-6-18(27)24-8-10-25(11-9-24)19(28)16-13-14-3-1-2-4-15(14)22-16/h1-4,7,12-13,22H,5-6,8-11H2,(H,21,23,26). The number of H-pyrrole nitrogens is 1. The van der Waals surface area contributed by atoms with Crippen LogP contribution in [0.3, 0.4) is 0 Å². The van der Waals surface area contributed by atoms with Crippen LogP contribution in [0.4, 0.5) is 5.13 Å². The summed E-state index contributed by atoms with van der Waals surface area (Å²) in [6, 6.07) is 9.62. The molecule has 0 unspecified atom stereocenters. The molecule has 3 aromatic rings. The van der Waals surface area contributed by atoms with Gasteiger partial charge in [0.1, 0.15) is 5.69 Å². The number of nitrogens with one attached hydrogen (secondary N) is 2. The Kier molecular flexibility index (Phi) is 5.57. The molecular formula is C20H21N5O3S. The van der Waals surface area contributed by atoms with Crippen molar-refractivity contribution < 1.29 is 14.4 Å². The third kappa shape index (κ3) is 4.45. The highest BCUT2D eigenvalue weighted by Crippen LogP contribution is 2.17. The molecule has 3 heterocycles. The fourth-order valence-corrected chi connectivity index (χ4v) is 3.91. The van der Waals surface area contributed by atoms with Gasteiger partial charge in [-0.05, 0) is 12.1 Å². The SMILES string of the molecule is O=C(CCC(=O)N1CCN(C(=O)c2cc3ccccc3[nH]2)CC1)Nc1nccs1. The summed E-state index contributed by atoms with van der Waals surface area (Å²) in [6.07, 6.45) is 1.88. The minimum Gasteiger partial charge on any atom is -0.351 e. The minimum absolute atomic E-state index is 0.0591. The number of para-hydroxylation sites is 1. The second-order valence-electron chi connectivity index (χ2n) is 6.83. The molecule has 0 bridgehead atoms. The Morgan fingerprint density at radius 2 is 1.83 bits per heavy atom. The highest BCUT2D eigenvalue weighted by molar-refractivity contribution is 7.13. The predicted octanol–water partition coefficient (Wildman–Crippen LogP) is 2.33. The van der Waals surface area contributed by atoms with Crippen LogP contribution in [0.1, 0.15) is 23.3 Å². The first-order valence-corrected chi connectivity index (χ1v) is 10.3. The topological polar surface area (TPSA) is 98.4 Å². The van der Waals surface area contributed by atoms with Gasteiger partial charge in [0.2, 0.25) is 11.8 Å². The molecule has 29 heavy (non-hydrogen) atoms. The van der Waals surface area contributed by atoms with Crippen molar-refractivity contribution in [1.29, 1.82) is 0 Å². The molecule has 2 aromatic heterocycles. The fourth-order valence-electron chi connectivity index (χ4n) is 3.36. The first-order chi connectivity index (χ1) is 14.1. The van der Waals surface area contributed by atoms with Gasteiger partial charge in [-0.3, -0.25) is 14.4 Å². The number of piperazine rings is 1. The van der Waals surface area contributed by atoms with Crippen molar-refractivity contribution >= 4 is 45.1 Å². The molecule has 9 heteroatoms. The Balaban J connectivity index is 1.25. The van der Waals surface area contributed by atoms with E-state index in [-0.39, 0.29) is 30.6 Å². The molecule has 1 aliphatic rings. The highest BCUT2D eigenvalue weighted by atomic mass is 32.1. The Hall–Kier alpha value is -3.20. The average Bonchev–Trinajstić information content (AvgIpc) is 3.41. The number of aromatic nitrogens is 2. The molecular weight excluding hydrogens is 390 g/mol. The molecule has 1 fully saturated rings. The summed E-state index contributed by atoms with van der Waals surface area (Å²) in [5, 5.41) is 5.98. The largest absolute Gasteiger partial charge is 0.351 e. The molecule has 0 saturated carbocycles. The number of thiazole rings is 1. The van der Waals surface area contributed by atoms with E-state index < -0.39 is 0 Å². The third-order valence-electron chi connectivity index (χ3n) is 4.92. The van der Waals surface area contributed by atoms with E-state index in [1.807, 2.05) is 30.3 Å². The van der Waals surface area contributed by atoms with Gasteiger partial charge in [0.25, 0.3) is 5.91 Å². The van der Waals surface area contributed by atoms with Crippen molar-refractivity contribution in [2.75, 3.05) is 31.5 Å². The van der Waals surface area contributed by atoms with Crippen LogP contribution in [0.15, 0.2) is 41.9 Å². The van der Waals surface area contributed by atoms with Crippen LogP contribution in [0.25, 0.3) is 10.9 Å². The van der Waals surface area contributed by atoms with Crippen molar-refractivity contribution in [3.63, 3.8) is 0 Å². The molecule has 2 N–H and O–H groups in total. The molecule has 3 amide bonds. The molecule has 1 saturated heterocycles. The van der Waals surface area contributed by atoms with Crippen LogP contribution in [0, 0.1) is 0 Å². The number of rotatable bonds is 5. The van der Waals surface area contributed by atoms with E-state index in [1.54, 1.807) is 21.4 Å². The maximum atomic E-state index is 12.7. The lowest BCUT2D eigenvalue weighted by molar-refractivity contribution is -0.134. The Morgan fingerprint density at radius 1 is 1.07 bits per heavy atom. The number of nitrogens with zero attached hydrogens (tertiary/aromatic N) is 3. The zero-order valence-electron chi connectivity index (χ0n) is 15.8. The Labute approximate surface area is 171 Å². The molecule has 1 aromatic carbocycles. The third-order valence-corrected chi connectivity index (χ3v) is 5.61. The first kappa shape index (κ1) is 19.1. The minimum atomic E-state index is -0.221. The number of hydrogen-bond donors (Lipinski definition) is 2. The smallest absolute Gasteiger partial charge is 0.270 e. The number of benzene rings is 1. The second kappa shape index (κ2) is 8.44. The van der Waals surface area contributed by atoms with Gasteiger partial charge < -0.3 is 20.1 Å². The number of fused-ring (bicyclic) bond motifs is 1. The van der Waals surface area contributed by atoms with Crippen LogP contribution in [0.2, 0.25) is 0 Å². The summed E-state index contributed by atoms with van der Waals surface area (Å²) in [5.74, 6) is -0.353. The van der Waals surface area contributed by atoms with Crippen molar-refractivity contribution in [2.45, 2.75) is 12.8 Å². The number of aromatic amines is 1. The van der Waals surface area contributed by atoms with E-state index in [2.05, 4.69) is 15.3 Å². The molecule has 0 spiro atoms. The molecule has 4 rings (SSSR count). The van der Waals surface area contributed by atoms with Crippen LogP contribution in [-0.4, -0.2) is 63.7 Å². The Bertz CT molecular complexity index is 989. The lowest BCUT2D eigenvalue weighted by atomic mass is 10.2. The van der Waals surface area contributed by atoms with Crippen molar-refractivity contribution in [2.24, 2.45) is 0 Å². The summed E-state index contributed by atoms with van der Waals surface area (Å²) >= 11 is 1.34. The average molecular weight is 411 g/mol. The number of carbonyl (C=O) groups excluding carboxylic acids is 3. The van der Waals surface area contributed by atoms with Crippen molar-refractivity contribution in [3.05, 3.63) is 47.6 Å². The monoisotopic (exact) mass is 411 g/mol. The van der Waals surface area contributed by atoms with Gasteiger partial charge in [-0.25, -0.2) is 4.98 Å². The number of anilines is 1. The summed E-state index contributed by atoms with van der Waals surface area (Å²) < 4.78 is 0. The van der Waals surface area contributed by atoms with Crippen molar-refractivity contribution in [1.82, 2.24) is 19.8 Å². The maximum Gasteiger partial charge on any atom is 0.270 e. The maximum absolute atomic E-state index is 12.7. The van der Waals surface area contributed by atoms with E-state index in [0.29, 0.717) is 37.0 Å². The Morgan fingerprint density at radius 3 is 2.55 bits per heavy atom. The van der Waals surface area contributed by atoms with Crippen LogP contribution in [-0.2, 0) is 9.59 Å². The van der Waals surface area contributed by atoms with Crippen LogP contribution < -0.4 is 5.32 Å². The first-order valence-electron chi connectivity index (χ1n) is 9.44. The predicted molar refractivity (Wildman–Crippen MR) is 111 cm³/mol. The van der Waals surface area contributed by atoms with E-state index in [0.717, 1.165) is 10.9 Å². The molecule has 1 aliphatic heterocycles. The summed E-state index contributed by atoms with van der Waals surface area (Å²) in [4.78, 5) is 47.6. The van der Waals surface area contributed by atoms with E-state index in [9.17, 15) is 14.4 Å². The van der Waals surface area contributed by atoms with E-state index in [4.69, 9.17) is 0 Å². The van der Waals surface area contributed by atoms with Gasteiger partial charge in [-0.15, -0.1) is 11.3 Å². The fraction of sp³-hybridized carbons (Fsp3) is 0.300. The van der Waals surface area contributed by atoms with Gasteiger partial charge >= 0.3 is 0 Å². The lowest BCUT2D eigenvalue weighted by Gasteiger charge is -2.34. The summed E-state index contributed by atoms with van der Waals surface area (Å²) in [6.45, 7) is 1.90. The molecule has 0 radical (unpaired) electrons. The zero-order valence-corrected chi connectivity index (χ0v) is 16.6. The van der Waals surface area contributed by atoms with Gasteiger partial charge in [-0.1, -0.05) is 18.2 Å². The number of hydrogen-bond acceptors (Lipinski definition) is 5. The second-order valence-corrected chi connectivity index (χ2v) is 7.72. The molecule has 8 nitrogen and oxygen atoms in total. The van der Waals surface area contributed by atoms with Gasteiger partial charge in [0, 0.05) is 61.5 Å². The van der Waals surface area contributed by atoms with Crippen LogP contribution >= 0.6 is 11.3 Å². The number of carbonyl (C=O) groups is 3. The molecule has 150 valence electrons. The highest BCUT2D eigenvalue weighted by Gasteiger charge is 2.25. The summed E-state index contributed by atoms with van der Waals surface area (Å²) in [5.41, 5.74) is 1.49. The normalized spacial score (nSPS) is 14.2. The lowest BCUT2D eigenvalue weighted by Crippen LogP contribution is -2.50. The van der Waals surface area contributed by atoms with Gasteiger partial charge in [0.05, 0.1) is 0 Å². The van der Waals surface area contributed by atoms with Gasteiger partial charge in [0.15, 0.2) is 5.13 Å². The van der Waals surface area contributed by atoms with Crippen LogP contribution in [0.5, 0.6) is 0 Å². The zero-order chi connectivity index (χ0) is 20.2. The van der Waals surface area contributed by atoms with E-state index in [1.165, 1.54) is 11.3 Å². The van der Waals surface area contributed by atoms with Crippen molar-refractivity contribution in [3.8, 4) is 0 Å². The quantitative estimate of drug-likeness (QED) is 0.673. The summed E-state index contributed by atoms with van der Waals surface area (Å²) in [7, 11) is 0. The van der Waals surface area contributed by atoms with Gasteiger partial charge in [-0.2, -0.15) is 0 Å². The number of amides is 3. The molecule has 0 atom stereocenters. The molecule has 0 aliphatic carbocycles. The van der Waals surface area contributed by atoms with E-state index >= 15 is 0 Å².